The minimum Gasteiger partial charge on any atom is -0.368 e. The van der Waals surface area contributed by atoms with E-state index in [0.717, 1.165) is 35.6 Å². The molecule has 0 radical (unpaired) electrons. The Morgan fingerprint density at radius 2 is 1.83 bits per heavy atom. The molecular formula is C27H27ClN4O3. The lowest BCUT2D eigenvalue weighted by molar-refractivity contribution is -0.384. The topological polar surface area (TPSA) is 78.7 Å². The molecule has 0 aliphatic carbocycles. The molecule has 2 aliphatic heterocycles. The zero-order valence-electron chi connectivity index (χ0n) is 19.4. The fraction of sp³-hybridized carbons (Fsp3) is 0.296. The summed E-state index contributed by atoms with van der Waals surface area (Å²) in [5, 5.41) is 15.3. The second-order valence-corrected chi connectivity index (χ2v) is 9.64. The van der Waals surface area contributed by atoms with Crippen LogP contribution < -0.4 is 15.1 Å². The number of nitrogens with zero attached hydrogens (tertiary/aromatic N) is 3. The van der Waals surface area contributed by atoms with Crippen molar-refractivity contribution in [3.05, 3.63) is 99.1 Å². The number of carbonyl (C=O) groups is 1. The summed E-state index contributed by atoms with van der Waals surface area (Å²) in [4.78, 5) is 29.2. The number of anilines is 2. The first-order valence-electron chi connectivity index (χ1n) is 11.8. The van der Waals surface area contributed by atoms with Gasteiger partial charge in [0, 0.05) is 48.2 Å². The number of nitrogens with one attached hydrogen (secondary N) is 1. The lowest BCUT2D eigenvalue weighted by Crippen LogP contribution is -2.61. The maximum atomic E-state index is 13.6. The van der Waals surface area contributed by atoms with E-state index in [9.17, 15) is 14.9 Å². The van der Waals surface area contributed by atoms with Gasteiger partial charge in [0.15, 0.2) is 0 Å². The van der Waals surface area contributed by atoms with Crippen LogP contribution in [0.2, 0.25) is 5.02 Å². The quantitative estimate of drug-likeness (QED) is 0.402. The molecule has 180 valence electrons. The van der Waals surface area contributed by atoms with E-state index in [-0.39, 0.29) is 34.5 Å². The van der Waals surface area contributed by atoms with Crippen LogP contribution >= 0.6 is 11.6 Å². The number of hydrogen-bond acceptors (Lipinski definition) is 5. The van der Waals surface area contributed by atoms with E-state index in [4.69, 9.17) is 11.6 Å². The van der Waals surface area contributed by atoms with Crippen LogP contribution in [-0.2, 0) is 11.2 Å². The summed E-state index contributed by atoms with van der Waals surface area (Å²) in [6.07, 6.45) is 0.458. The second kappa shape index (κ2) is 9.58. The van der Waals surface area contributed by atoms with Crippen molar-refractivity contribution in [2.75, 3.05) is 29.4 Å². The number of nitro benzene ring substituents is 1. The van der Waals surface area contributed by atoms with E-state index in [2.05, 4.69) is 15.1 Å². The van der Waals surface area contributed by atoms with Crippen LogP contribution in [-0.4, -0.2) is 36.5 Å². The molecule has 1 amide bonds. The molecule has 3 atom stereocenters. The molecule has 0 aromatic heterocycles. The normalized spacial score (nSPS) is 19.9. The molecule has 3 aromatic carbocycles. The molecule has 3 aromatic rings. The van der Waals surface area contributed by atoms with Crippen LogP contribution in [0.1, 0.15) is 24.1 Å². The minimum atomic E-state index is -0.378. The Hall–Kier alpha value is -3.58. The lowest BCUT2D eigenvalue weighted by Gasteiger charge is -2.49. The number of nitro groups is 1. The van der Waals surface area contributed by atoms with Gasteiger partial charge in [-0.15, -0.1) is 0 Å². The van der Waals surface area contributed by atoms with Crippen molar-refractivity contribution in [1.29, 1.82) is 0 Å². The van der Waals surface area contributed by atoms with Crippen molar-refractivity contribution in [3.8, 4) is 0 Å². The number of piperazine rings is 1. The standard InChI is InChI=1S/C27H27ClN4O3/c1-18(19-5-3-2-4-6-19)29-27(33)24-16-20-15-23(32(34)35)11-12-25(20)31-14-13-30(17-26(24)31)22-9-7-21(28)8-10-22/h2-12,15,18,24,26H,13-14,16-17H2,1H3,(H,29,33)/t18-,24-,26-/m0/s1. The molecule has 0 saturated carbocycles. The van der Waals surface area contributed by atoms with Crippen LogP contribution in [0.5, 0.6) is 0 Å². The van der Waals surface area contributed by atoms with Crippen LogP contribution in [0.4, 0.5) is 17.1 Å². The van der Waals surface area contributed by atoms with Crippen molar-refractivity contribution in [2.45, 2.75) is 25.4 Å². The predicted molar refractivity (Wildman–Crippen MR) is 138 cm³/mol. The third kappa shape index (κ3) is 4.68. The second-order valence-electron chi connectivity index (χ2n) is 9.20. The number of halogens is 1. The average molecular weight is 491 g/mol. The molecule has 1 N–H and O–H groups in total. The van der Waals surface area contributed by atoms with Gasteiger partial charge in [-0.3, -0.25) is 14.9 Å². The van der Waals surface area contributed by atoms with Crippen molar-refractivity contribution in [1.82, 2.24) is 5.32 Å². The van der Waals surface area contributed by atoms with Crippen molar-refractivity contribution >= 4 is 34.6 Å². The molecular weight excluding hydrogens is 464 g/mol. The van der Waals surface area contributed by atoms with E-state index < -0.39 is 0 Å². The molecule has 0 unspecified atom stereocenters. The fourth-order valence-corrected chi connectivity index (χ4v) is 5.38. The van der Waals surface area contributed by atoms with Gasteiger partial charge in [0.1, 0.15) is 0 Å². The predicted octanol–water partition coefficient (Wildman–Crippen LogP) is 4.99. The van der Waals surface area contributed by atoms with Crippen LogP contribution in [0.25, 0.3) is 0 Å². The third-order valence-corrected chi connectivity index (χ3v) is 7.35. The zero-order chi connectivity index (χ0) is 24.5. The first-order chi connectivity index (χ1) is 16.9. The molecule has 2 aliphatic rings. The molecule has 35 heavy (non-hydrogen) atoms. The number of benzene rings is 3. The smallest absolute Gasteiger partial charge is 0.269 e. The Balaban J connectivity index is 1.45. The monoisotopic (exact) mass is 490 g/mol. The summed E-state index contributed by atoms with van der Waals surface area (Å²) in [6.45, 7) is 4.16. The van der Waals surface area contributed by atoms with Crippen molar-refractivity contribution in [2.24, 2.45) is 5.92 Å². The molecule has 7 nitrogen and oxygen atoms in total. The molecule has 1 saturated heterocycles. The van der Waals surface area contributed by atoms with E-state index >= 15 is 0 Å². The first kappa shape index (κ1) is 23.2. The van der Waals surface area contributed by atoms with E-state index in [1.807, 2.05) is 67.6 Å². The SMILES string of the molecule is C[C@H](NC(=O)[C@H]1Cc2cc([N+](=O)[O-])ccc2N2CCN(c3ccc(Cl)cc3)C[C@@H]12)c1ccccc1. The Morgan fingerprint density at radius 3 is 2.54 bits per heavy atom. The highest BCUT2D eigenvalue weighted by Crippen LogP contribution is 2.39. The first-order valence-corrected chi connectivity index (χ1v) is 12.2. The van der Waals surface area contributed by atoms with E-state index in [1.165, 1.54) is 0 Å². The number of rotatable bonds is 5. The van der Waals surface area contributed by atoms with Gasteiger partial charge in [0.05, 0.1) is 22.9 Å². The Labute approximate surface area is 209 Å². The van der Waals surface area contributed by atoms with Gasteiger partial charge in [0.25, 0.3) is 5.69 Å². The largest absolute Gasteiger partial charge is 0.368 e. The van der Waals surface area contributed by atoms with Crippen molar-refractivity contribution < 1.29 is 9.72 Å². The lowest BCUT2D eigenvalue weighted by atomic mass is 9.82. The molecule has 0 spiro atoms. The summed E-state index contributed by atoms with van der Waals surface area (Å²) in [5.41, 5.74) is 3.99. The highest BCUT2D eigenvalue weighted by atomic mass is 35.5. The van der Waals surface area contributed by atoms with Gasteiger partial charge < -0.3 is 15.1 Å². The molecule has 0 bridgehead atoms. The number of amides is 1. The third-order valence-electron chi connectivity index (χ3n) is 7.09. The highest BCUT2D eigenvalue weighted by Gasteiger charge is 2.42. The highest BCUT2D eigenvalue weighted by molar-refractivity contribution is 6.30. The summed E-state index contributed by atoms with van der Waals surface area (Å²) in [7, 11) is 0. The van der Waals surface area contributed by atoms with Gasteiger partial charge >= 0.3 is 0 Å². The molecule has 2 heterocycles. The van der Waals surface area contributed by atoms with Gasteiger partial charge in [-0.1, -0.05) is 41.9 Å². The van der Waals surface area contributed by atoms with Crippen molar-refractivity contribution in [3.63, 3.8) is 0 Å². The Kier molecular flexibility index (Phi) is 6.34. The number of carbonyl (C=O) groups excluding carboxylic acids is 1. The number of fused-ring (bicyclic) bond motifs is 3. The van der Waals surface area contributed by atoms with Gasteiger partial charge in [-0.05, 0) is 54.8 Å². The Bertz CT molecular complexity index is 1230. The Morgan fingerprint density at radius 1 is 1.09 bits per heavy atom. The summed E-state index contributed by atoms with van der Waals surface area (Å²) < 4.78 is 0. The maximum absolute atomic E-state index is 13.6. The average Bonchev–Trinajstić information content (AvgIpc) is 2.88. The van der Waals surface area contributed by atoms with Crippen LogP contribution in [0, 0.1) is 16.0 Å². The molecule has 5 rings (SSSR count). The van der Waals surface area contributed by atoms with Crippen LogP contribution in [0.15, 0.2) is 72.8 Å². The van der Waals surface area contributed by atoms with E-state index in [1.54, 1.807) is 12.1 Å². The molecule has 8 heteroatoms. The zero-order valence-corrected chi connectivity index (χ0v) is 20.2. The number of hydrogen-bond donors (Lipinski definition) is 1. The number of non-ortho nitro benzene ring substituents is 1. The van der Waals surface area contributed by atoms with Gasteiger partial charge in [-0.25, -0.2) is 0 Å². The summed E-state index contributed by atoms with van der Waals surface area (Å²) >= 11 is 6.09. The molecule has 1 fully saturated rings. The van der Waals surface area contributed by atoms with Crippen LogP contribution in [0.3, 0.4) is 0 Å². The summed E-state index contributed by atoms with van der Waals surface area (Å²) in [5.74, 6) is -0.378. The minimum absolute atomic E-state index is 0.0357. The van der Waals surface area contributed by atoms with Gasteiger partial charge in [0.2, 0.25) is 5.91 Å². The van der Waals surface area contributed by atoms with Gasteiger partial charge in [-0.2, -0.15) is 0 Å². The van der Waals surface area contributed by atoms with E-state index in [0.29, 0.717) is 18.0 Å². The maximum Gasteiger partial charge on any atom is 0.269 e. The fourth-order valence-electron chi connectivity index (χ4n) is 5.25. The summed E-state index contributed by atoms with van der Waals surface area (Å²) in [6, 6.07) is 22.5.